The molecule has 0 aliphatic heterocycles. The maximum atomic E-state index is 13.4. The van der Waals surface area contributed by atoms with E-state index in [-0.39, 0.29) is 5.82 Å². The number of likely N-dealkylation sites (N-methyl/N-ethyl adjacent to an activating group) is 1. The first-order chi connectivity index (χ1) is 9.65. The number of para-hydroxylation sites is 1. The highest BCUT2D eigenvalue weighted by atomic mass is 35.5. The van der Waals surface area contributed by atoms with Crippen molar-refractivity contribution in [2.75, 3.05) is 25.5 Å². The van der Waals surface area contributed by atoms with Crippen LogP contribution in [0.25, 0.3) is 0 Å². The minimum absolute atomic E-state index is 0.218. The highest BCUT2D eigenvalue weighted by molar-refractivity contribution is 6.30. The number of nitrogens with zero attached hydrogens (tertiary/aromatic N) is 1. The molecule has 2 nitrogen and oxygen atoms in total. The van der Waals surface area contributed by atoms with Gasteiger partial charge in [-0.2, -0.15) is 0 Å². The Balaban J connectivity index is 1.78. The zero-order chi connectivity index (χ0) is 14.4. The molecular formula is C16H18ClFN2. The van der Waals surface area contributed by atoms with Crippen molar-refractivity contribution in [2.45, 2.75) is 6.54 Å². The largest absolute Gasteiger partial charge is 0.381 e. The fourth-order valence-corrected chi connectivity index (χ4v) is 2.22. The highest BCUT2D eigenvalue weighted by Gasteiger charge is 2.02. The van der Waals surface area contributed by atoms with Crippen molar-refractivity contribution in [3.8, 4) is 0 Å². The van der Waals surface area contributed by atoms with E-state index in [2.05, 4.69) is 10.2 Å². The van der Waals surface area contributed by atoms with Crippen molar-refractivity contribution in [3.63, 3.8) is 0 Å². The van der Waals surface area contributed by atoms with Gasteiger partial charge in [0.25, 0.3) is 0 Å². The summed E-state index contributed by atoms with van der Waals surface area (Å²) in [5, 5.41) is 3.85. The summed E-state index contributed by atoms with van der Waals surface area (Å²) in [5.41, 5.74) is 1.72. The Kier molecular flexibility index (Phi) is 5.39. The van der Waals surface area contributed by atoms with Gasteiger partial charge in [-0.15, -0.1) is 0 Å². The van der Waals surface area contributed by atoms with E-state index >= 15 is 0 Å². The molecule has 0 amide bonds. The summed E-state index contributed by atoms with van der Waals surface area (Å²) in [6.07, 6.45) is 0. The van der Waals surface area contributed by atoms with Gasteiger partial charge in [0.1, 0.15) is 5.82 Å². The Morgan fingerprint density at radius 3 is 2.70 bits per heavy atom. The Hall–Kier alpha value is -1.58. The second-order valence-corrected chi connectivity index (χ2v) is 5.21. The van der Waals surface area contributed by atoms with Crippen LogP contribution >= 0.6 is 11.6 Å². The van der Waals surface area contributed by atoms with Gasteiger partial charge in [0.2, 0.25) is 0 Å². The van der Waals surface area contributed by atoms with Crippen molar-refractivity contribution in [2.24, 2.45) is 0 Å². The molecule has 0 fully saturated rings. The van der Waals surface area contributed by atoms with Gasteiger partial charge in [0, 0.05) is 24.7 Å². The van der Waals surface area contributed by atoms with Gasteiger partial charge >= 0.3 is 0 Å². The fourth-order valence-electron chi connectivity index (χ4n) is 2.01. The molecule has 106 valence electrons. The molecule has 0 heterocycles. The molecule has 2 aromatic rings. The molecule has 0 aliphatic rings. The standard InChI is InChI=1S/C16H18ClFN2/c1-20(12-13-5-4-6-14(17)11-13)10-9-19-16-8-3-2-7-15(16)18/h2-8,11,19H,9-10,12H2,1H3. The lowest BCUT2D eigenvalue weighted by atomic mass is 10.2. The second kappa shape index (κ2) is 7.27. The molecule has 0 atom stereocenters. The molecular weight excluding hydrogens is 275 g/mol. The van der Waals surface area contributed by atoms with Crippen LogP contribution in [-0.2, 0) is 6.54 Å². The highest BCUT2D eigenvalue weighted by Crippen LogP contribution is 2.13. The summed E-state index contributed by atoms with van der Waals surface area (Å²) in [6, 6.07) is 14.5. The Morgan fingerprint density at radius 2 is 1.95 bits per heavy atom. The van der Waals surface area contributed by atoms with E-state index in [1.807, 2.05) is 37.4 Å². The molecule has 20 heavy (non-hydrogen) atoms. The van der Waals surface area contributed by atoms with Gasteiger partial charge < -0.3 is 10.2 Å². The third-order valence-electron chi connectivity index (χ3n) is 3.02. The average Bonchev–Trinajstić information content (AvgIpc) is 2.41. The van der Waals surface area contributed by atoms with Gasteiger partial charge in [-0.25, -0.2) is 4.39 Å². The van der Waals surface area contributed by atoms with Gasteiger partial charge in [-0.05, 0) is 36.9 Å². The van der Waals surface area contributed by atoms with Crippen LogP contribution in [-0.4, -0.2) is 25.0 Å². The first kappa shape index (κ1) is 14.8. The zero-order valence-corrected chi connectivity index (χ0v) is 12.2. The topological polar surface area (TPSA) is 15.3 Å². The summed E-state index contributed by atoms with van der Waals surface area (Å²) >= 11 is 5.96. The zero-order valence-electron chi connectivity index (χ0n) is 11.4. The normalized spacial score (nSPS) is 10.8. The van der Waals surface area contributed by atoms with E-state index in [1.54, 1.807) is 12.1 Å². The predicted molar refractivity (Wildman–Crippen MR) is 82.7 cm³/mol. The van der Waals surface area contributed by atoms with Crippen molar-refractivity contribution in [1.82, 2.24) is 4.90 Å². The number of hydrogen-bond donors (Lipinski definition) is 1. The minimum Gasteiger partial charge on any atom is -0.381 e. The van der Waals surface area contributed by atoms with Crippen LogP contribution in [0.3, 0.4) is 0 Å². The van der Waals surface area contributed by atoms with Crippen molar-refractivity contribution in [3.05, 3.63) is 64.9 Å². The van der Waals surface area contributed by atoms with Crippen molar-refractivity contribution >= 4 is 17.3 Å². The van der Waals surface area contributed by atoms with E-state index in [1.165, 1.54) is 11.6 Å². The molecule has 0 spiro atoms. The van der Waals surface area contributed by atoms with Gasteiger partial charge in [0.15, 0.2) is 0 Å². The number of benzene rings is 2. The van der Waals surface area contributed by atoms with Gasteiger partial charge in [-0.3, -0.25) is 0 Å². The lowest BCUT2D eigenvalue weighted by molar-refractivity contribution is 0.340. The first-order valence-corrected chi connectivity index (χ1v) is 6.94. The van der Waals surface area contributed by atoms with Crippen LogP contribution in [0.15, 0.2) is 48.5 Å². The van der Waals surface area contributed by atoms with Crippen LogP contribution < -0.4 is 5.32 Å². The summed E-state index contributed by atoms with van der Waals surface area (Å²) < 4.78 is 13.4. The molecule has 0 aromatic heterocycles. The Bertz CT molecular complexity index is 560. The van der Waals surface area contributed by atoms with E-state index in [9.17, 15) is 4.39 Å². The predicted octanol–water partition coefficient (Wildman–Crippen LogP) is 4.02. The number of anilines is 1. The third-order valence-corrected chi connectivity index (χ3v) is 3.26. The molecule has 0 radical (unpaired) electrons. The van der Waals surface area contributed by atoms with Crippen molar-refractivity contribution in [1.29, 1.82) is 0 Å². The lowest BCUT2D eigenvalue weighted by Gasteiger charge is -2.17. The summed E-state index contributed by atoms with van der Waals surface area (Å²) in [5.74, 6) is -0.218. The minimum atomic E-state index is -0.218. The molecule has 2 aromatic carbocycles. The van der Waals surface area contributed by atoms with E-state index in [0.29, 0.717) is 12.2 Å². The molecule has 0 bridgehead atoms. The SMILES string of the molecule is CN(CCNc1ccccc1F)Cc1cccc(Cl)c1. The molecule has 2 rings (SSSR count). The fraction of sp³-hybridized carbons (Fsp3) is 0.250. The average molecular weight is 293 g/mol. The molecule has 4 heteroatoms. The quantitative estimate of drug-likeness (QED) is 0.865. The maximum absolute atomic E-state index is 13.4. The second-order valence-electron chi connectivity index (χ2n) is 4.77. The van der Waals surface area contributed by atoms with Gasteiger partial charge in [-0.1, -0.05) is 35.9 Å². The van der Waals surface area contributed by atoms with E-state index in [4.69, 9.17) is 11.6 Å². The van der Waals surface area contributed by atoms with Crippen molar-refractivity contribution < 1.29 is 4.39 Å². The van der Waals surface area contributed by atoms with Crippen LogP contribution in [0.5, 0.6) is 0 Å². The lowest BCUT2D eigenvalue weighted by Crippen LogP contribution is -2.25. The van der Waals surface area contributed by atoms with Gasteiger partial charge in [0.05, 0.1) is 5.69 Å². The molecule has 0 unspecified atom stereocenters. The monoisotopic (exact) mass is 292 g/mol. The Labute approximate surface area is 124 Å². The molecule has 0 saturated carbocycles. The Morgan fingerprint density at radius 1 is 1.15 bits per heavy atom. The van der Waals surface area contributed by atoms with Crippen LogP contribution in [0.1, 0.15) is 5.56 Å². The van der Waals surface area contributed by atoms with E-state index in [0.717, 1.165) is 18.1 Å². The van der Waals surface area contributed by atoms with Crippen LogP contribution in [0, 0.1) is 5.82 Å². The maximum Gasteiger partial charge on any atom is 0.146 e. The van der Waals surface area contributed by atoms with Crippen LogP contribution in [0.2, 0.25) is 5.02 Å². The van der Waals surface area contributed by atoms with Crippen LogP contribution in [0.4, 0.5) is 10.1 Å². The summed E-state index contributed by atoms with van der Waals surface area (Å²) in [6.45, 7) is 2.33. The van der Waals surface area contributed by atoms with E-state index < -0.39 is 0 Å². The first-order valence-electron chi connectivity index (χ1n) is 6.56. The number of nitrogens with one attached hydrogen (secondary N) is 1. The number of hydrogen-bond acceptors (Lipinski definition) is 2. The third kappa shape index (κ3) is 4.51. The molecule has 0 saturated heterocycles. The summed E-state index contributed by atoms with van der Waals surface area (Å²) in [4.78, 5) is 2.17. The molecule has 1 N–H and O–H groups in total. The number of halogens is 2. The number of rotatable bonds is 6. The summed E-state index contributed by atoms with van der Waals surface area (Å²) in [7, 11) is 2.03. The smallest absolute Gasteiger partial charge is 0.146 e. The molecule has 0 aliphatic carbocycles.